The predicted molar refractivity (Wildman–Crippen MR) is 57.1 cm³/mol. The van der Waals surface area contributed by atoms with Gasteiger partial charge in [0, 0.05) is 18.3 Å². The van der Waals surface area contributed by atoms with Crippen molar-refractivity contribution in [3.8, 4) is 0 Å². The van der Waals surface area contributed by atoms with Gasteiger partial charge in [-0.05, 0) is 27.7 Å². The Morgan fingerprint density at radius 3 is 2.57 bits per heavy atom. The Labute approximate surface area is 87.6 Å². The molecule has 82 valence electrons. The van der Waals surface area contributed by atoms with Gasteiger partial charge in [-0.15, -0.1) is 0 Å². The summed E-state index contributed by atoms with van der Waals surface area (Å²) in [4.78, 5) is 11.6. The Hall–Kier alpha value is -0.420. The first-order chi connectivity index (χ1) is 6.37. The van der Waals surface area contributed by atoms with Gasteiger partial charge >= 0.3 is 0 Å². The number of rotatable bonds is 2. The number of nitrogens with one attached hydrogen (secondary N) is 1. The second kappa shape index (κ2) is 3.98. The van der Waals surface area contributed by atoms with Crippen LogP contribution in [-0.4, -0.2) is 38.3 Å². The van der Waals surface area contributed by atoms with Crippen LogP contribution in [0.3, 0.4) is 0 Å². The van der Waals surface area contributed by atoms with E-state index in [4.69, 9.17) is 0 Å². The summed E-state index contributed by atoms with van der Waals surface area (Å²) in [5, 5.41) is 2.84. The molecule has 4 nitrogen and oxygen atoms in total. The highest BCUT2D eigenvalue weighted by molar-refractivity contribution is 7.83. The maximum atomic E-state index is 11.9. The van der Waals surface area contributed by atoms with E-state index in [1.165, 1.54) is 0 Å². The van der Waals surface area contributed by atoms with Gasteiger partial charge in [0.25, 0.3) is 0 Å². The number of piperazine rings is 1. The molecule has 1 N–H and O–H groups in total. The second-order valence-electron chi connectivity index (χ2n) is 4.24. The first kappa shape index (κ1) is 11.7. The molecule has 0 saturated carbocycles. The summed E-state index contributed by atoms with van der Waals surface area (Å²) in [5.41, 5.74) is -0.659. The largest absolute Gasteiger partial charge is 0.353 e. The Kier molecular flexibility index (Phi) is 3.32. The van der Waals surface area contributed by atoms with Gasteiger partial charge in [-0.3, -0.25) is 4.79 Å². The molecule has 5 heteroatoms. The fraction of sp³-hybridized carbons (Fsp3) is 0.889. The SMILES string of the molecule is CC(C)S(=O)N1CCNC(=O)C1(C)C. The molecular weight excluding hydrogens is 200 g/mol. The normalized spacial score (nSPS) is 24.8. The summed E-state index contributed by atoms with van der Waals surface area (Å²) in [7, 11) is -1.08. The molecule has 14 heavy (non-hydrogen) atoms. The van der Waals surface area contributed by atoms with Gasteiger partial charge in [-0.1, -0.05) is 0 Å². The molecule has 0 aromatic carbocycles. The number of amides is 1. The lowest BCUT2D eigenvalue weighted by Gasteiger charge is -2.40. The van der Waals surface area contributed by atoms with Gasteiger partial charge in [0.2, 0.25) is 5.91 Å². The van der Waals surface area contributed by atoms with Gasteiger partial charge < -0.3 is 5.32 Å². The van der Waals surface area contributed by atoms with Crippen LogP contribution in [0.15, 0.2) is 0 Å². The summed E-state index contributed by atoms with van der Waals surface area (Å²) in [5.74, 6) is -0.0437. The fourth-order valence-electron chi connectivity index (χ4n) is 1.45. The Morgan fingerprint density at radius 2 is 2.07 bits per heavy atom. The van der Waals surface area contributed by atoms with Gasteiger partial charge in [0.05, 0.1) is 11.0 Å². The van der Waals surface area contributed by atoms with E-state index < -0.39 is 16.5 Å². The topological polar surface area (TPSA) is 49.4 Å². The van der Waals surface area contributed by atoms with Crippen LogP contribution >= 0.6 is 0 Å². The zero-order valence-corrected chi connectivity index (χ0v) is 9.98. The van der Waals surface area contributed by atoms with Crippen LogP contribution in [0.25, 0.3) is 0 Å². The molecule has 1 rings (SSSR count). The van der Waals surface area contributed by atoms with Crippen LogP contribution in [0.2, 0.25) is 0 Å². The smallest absolute Gasteiger partial charge is 0.240 e. The first-order valence-corrected chi connectivity index (χ1v) is 6.01. The summed E-state index contributed by atoms with van der Waals surface area (Å²) in [6, 6.07) is 0. The lowest BCUT2D eigenvalue weighted by atomic mass is 10.0. The number of hydrogen-bond donors (Lipinski definition) is 1. The quantitative estimate of drug-likeness (QED) is 0.723. The van der Waals surface area contributed by atoms with Crippen molar-refractivity contribution >= 4 is 16.9 Å². The van der Waals surface area contributed by atoms with Crippen LogP contribution in [0.1, 0.15) is 27.7 Å². The van der Waals surface area contributed by atoms with E-state index in [2.05, 4.69) is 5.32 Å². The highest BCUT2D eigenvalue weighted by Crippen LogP contribution is 2.21. The van der Waals surface area contributed by atoms with Gasteiger partial charge in [0.15, 0.2) is 0 Å². The maximum Gasteiger partial charge on any atom is 0.240 e. The summed E-state index contributed by atoms with van der Waals surface area (Å²) < 4.78 is 13.7. The molecule has 0 aromatic heterocycles. The molecule has 0 aromatic rings. The van der Waals surface area contributed by atoms with E-state index in [9.17, 15) is 9.00 Å². The first-order valence-electron chi connectivity index (χ1n) is 4.84. The van der Waals surface area contributed by atoms with Crippen LogP contribution in [0, 0.1) is 0 Å². The number of hydrogen-bond acceptors (Lipinski definition) is 2. The monoisotopic (exact) mass is 218 g/mol. The minimum atomic E-state index is -1.08. The number of carbonyl (C=O) groups excluding carboxylic acids is 1. The van der Waals surface area contributed by atoms with E-state index >= 15 is 0 Å². The lowest BCUT2D eigenvalue weighted by Crippen LogP contribution is -2.62. The molecular formula is C9H18N2O2S. The lowest BCUT2D eigenvalue weighted by molar-refractivity contribution is -0.131. The molecule has 1 saturated heterocycles. The molecule has 1 aliphatic rings. The number of nitrogens with zero attached hydrogens (tertiary/aromatic N) is 1. The zero-order valence-electron chi connectivity index (χ0n) is 9.16. The van der Waals surface area contributed by atoms with Gasteiger partial charge in [0.1, 0.15) is 5.54 Å². The third-order valence-corrected chi connectivity index (χ3v) is 4.28. The fourth-order valence-corrected chi connectivity index (χ4v) is 2.76. The maximum absolute atomic E-state index is 11.9. The van der Waals surface area contributed by atoms with E-state index in [0.717, 1.165) is 0 Å². The van der Waals surface area contributed by atoms with Gasteiger partial charge in [-0.2, -0.15) is 0 Å². The molecule has 1 atom stereocenters. The Morgan fingerprint density at radius 1 is 1.50 bits per heavy atom. The van der Waals surface area contributed by atoms with Crippen molar-refractivity contribution in [2.45, 2.75) is 38.5 Å². The highest BCUT2D eigenvalue weighted by Gasteiger charge is 2.41. The standard InChI is InChI=1S/C9H18N2O2S/c1-7(2)14(13)11-6-5-10-8(12)9(11,3)4/h7H,5-6H2,1-4H3,(H,10,12). The van der Waals surface area contributed by atoms with E-state index in [1.807, 2.05) is 27.7 Å². The molecule has 1 fully saturated rings. The predicted octanol–water partition coefficient (Wildman–Crippen LogP) is 0.269. The molecule has 1 amide bonds. The van der Waals surface area contributed by atoms with E-state index in [0.29, 0.717) is 13.1 Å². The molecule has 1 unspecified atom stereocenters. The molecule has 1 heterocycles. The van der Waals surface area contributed by atoms with E-state index in [-0.39, 0.29) is 11.2 Å². The van der Waals surface area contributed by atoms with Crippen LogP contribution < -0.4 is 5.32 Å². The zero-order chi connectivity index (χ0) is 10.9. The third kappa shape index (κ3) is 1.98. The molecule has 0 spiro atoms. The highest BCUT2D eigenvalue weighted by atomic mass is 32.2. The van der Waals surface area contributed by atoms with Gasteiger partial charge in [-0.25, -0.2) is 8.51 Å². The second-order valence-corrected chi connectivity index (χ2v) is 6.18. The van der Waals surface area contributed by atoms with Crippen LogP contribution in [0.4, 0.5) is 0 Å². The van der Waals surface area contributed by atoms with Crippen molar-refractivity contribution in [3.05, 3.63) is 0 Å². The number of carbonyl (C=O) groups is 1. The molecule has 1 aliphatic heterocycles. The van der Waals surface area contributed by atoms with Crippen molar-refractivity contribution in [1.82, 2.24) is 9.62 Å². The minimum Gasteiger partial charge on any atom is -0.353 e. The molecule has 0 bridgehead atoms. The van der Waals surface area contributed by atoms with Crippen molar-refractivity contribution in [2.24, 2.45) is 0 Å². The Balaban J connectivity index is 2.87. The minimum absolute atomic E-state index is 0.0437. The van der Waals surface area contributed by atoms with Crippen molar-refractivity contribution in [3.63, 3.8) is 0 Å². The average molecular weight is 218 g/mol. The average Bonchev–Trinajstić information content (AvgIpc) is 2.08. The molecule has 0 radical (unpaired) electrons. The van der Waals surface area contributed by atoms with Crippen molar-refractivity contribution < 1.29 is 9.00 Å². The summed E-state index contributed by atoms with van der Waals surface area (Å²) >= 11 is 0. The molecule has 0 aliphatic carbocycles. The third-order valence-electron chi connectivity index (χ3n) is 2.40. The van der Waals surface area contributed by atoms with Crippen molar-refractivity contribution in [1.29, 1.82) is 0 Å². The Bertz CT molecular complexity index is 264. The summed E-state index contributed by atoms with van der Waals surface area (Å²) in [6.45, 7) is 8.66. The van der Waals surface area contributed by atoms with Crippen molar-refractivity contribution in [2.75, 3.05) is 13.1 Å². The van der Waals surface area contributed by atoms with Crippen LogP contribution in [-0.2, 0) is 15.8 Å². The van der Waals surface area contributed by atoms with Crippen LogP contribution in [0.5, 0.6) is 0 Å². The summed E-state index contributed by atoms with van der Waals surface area (Å²) in [6.07, 6.45) is 0. The van der Waals surface area contributed by atoms with E-state index in [1.54, 1.807) is 4.31 Å².